The second kappa shape index (κ2) is 13.2. The van der Waals surface area contributed by atoms with E-state index in [9.17, 15) is 0 Å². The first-order chi connectivity index (χ1) is 17.5. The summed E-state index contributed by atoms with van der Waals surface area (Å²) in [6.07, 6.45) is 5.55. The summed E-state index contributed by atoms with van der Waals surface area (Å²) in [6, 6.07) is 10.0. The maximum atomic E-state index is 8.00. The molecule has 36 heavy (non-hydrogen) atoms. The number of hydrogen-bond donors (Lipinski definition) is 5. The van der Waals surface area contributed by atoms with E-state index in [1.807, 2.05) is 44.3 Å². The van der Waals surface area contributed by atoms with Gasteiger partial charge in [0.15, 0.2) is 0 Å². The highest BCUT2D eigenvalue weighted by molar-refractivity contribution is 5.94. The molecule has 2 aromatic heterocycles. The van der Waals surface area contributed by atoms with Crippen LogP contribution in [0.3, 0.4) is 0 Å². The number of aromatic amines is 1. The van der Waals surface area contributed by atoms with Crippen LogP contribution in [0.4, 0.5) is 17.1 Å². The predicted molar refractivity (Wildman–Crippen MR) is 148 cm³/mol. The smallest absolute Gasteiger partial charge is 0.139 e. The summed E-state index contributed by atoms with van der Waals surface area (Å²) in [7, 11) is 1.95. The van der Waals surface area contributed by atoms with Gasteiger partial charge in [-0.05, 0) is 68.8 Å². The number of nitrogens with one attached hydrogen (secondary N) is 3. The van der Waals surface area contributed by atoms with Crippen LogP contribution in [-0.4, -0.2) is 67.1 Å². The largest absolute Gasteiger partial charge is 0.398 e. The fourth-order valence-electron chi connectivity index (χ4n) is 4.59. The standard InChI is InChI=1S/C26H37N7O.CH2O/c1-17(15-29-3)34-18(2)16-33-10-7-19(8-11-33)25-13-22-24(6-9-30-26(22)32-25)31-21-4-5-23(28)20(12-21)14-27;1-2/h4-7,9,12-13,17-18,29H,8,10-11,14-16,27-28H2,1-3H3,(H2,30,31,32);1H2. The van der Waals surface area contributed by atoms with Crippen molar-refractivity contribution in [1.82, 2.24) is 20.2 Å². The topological polar surface area (TPSA) is 134 Å². The van der Waals surface area contributed by atoms with E-state index in [-0.39, 0.29) is 12.2 Å². The zero-order valence-electron chi connectivity index (χ0n) is 21.5. The summed E-state index contributed by atoms with van der Waals surface area (Å²) >= 11 is 0. The van der Waals surface area contributed by atoms with Gasteiger partial charge in [-0.3, -0.25) is 4.90 Å². The molecule has 1 aliphatic heterocycles. The lowest BCUT2D eigenvalue weighted by molar-refractivity contribution is -0.0980. The molecular weight excluding hydrogens is 454 g/mol. The number of H-pyrrole nitrogens is 1. The van der Waals surface area contributed by atoms with E-state index in [2.05, 4.69) is 51.5 Å². The average molecular weight is 494 g/mol. The second-order valence-corrected chi connectivity index (χ2v) is 9.10. The van der Waals surface area contributed by atoms with Crippen molar-refractivity contribution in [3.8, 4) is 0 Å². The Bertz CT molecular complexity index is 1160. The maximum Gasteiger partial charge on any atom is 0.139 e. The lowest BCUT2D eigenvalue weighted by Crippen LogP contribution is -2.38. The molecule has 3 heterocycles. The summed E-state index contributed by atoms with van der Waals surface area (Å²) in [5.41, 5.74) is 18.7. The zero-order chi connectivity index (χ0) is 26.1. The van der Waals surface area contributed by atoms with Crippen molar-refractivity contribution in [3.05, 3.63) is 53.9 Å². The molecule has 0 radical (unpaired) electrons. The number of aromatic nitrogens is 2. The minimum atomic E-state index is 0.206. The Morgan fingerprint density at radius 2 is 2.03 bits per heavy atom. The van der Waals surface area contributed by atoms with Gasteiger partial charge in [0, 0.05) is 61.4 Å². The van der Waals surface area contributed by atoms with Crippen LogP contribution in [0.2, 0.25) is 0 Å². The average Bonchev–Trinajstić information content (AvgIpc) is 3.32. The lowest BCUT2D eigenvalue weighted by Gasteiger charge is -2.29. The summed E-state index contributed by atoms with van der Waals surface area (Å²) in [5, 5.41) is 7.73. The number of benzene rings is 1. The van der Waals surface area contributed by atoms with Crippen LogP contribution in [0.5, 0.6) is 0 Å². The van der Waals surface area contributed by atoms with Crippen molar-refractivity contribution in [2.24, 2.45) is 5.73 Å². The highest BCUT2D eigenvalue weighted by Gasteiger charge is 2.18. The number of pyridine rings is 1. The molecule has 1 aromatic carbocycles. The van der Waals surface area contributed by atoms with Crippen molar-refractivity contribution in [2.75, 3.05) is 44.3 Å². The van der Waals surface area contributed by atoms with Gasteiger partial charge in [0.2, 0.25) is 0 Å². The van der Waals surface area contributed by atoms with E-state index in [1.54, 1.807) is 0 Å². The van der Waals surface area contributed by atoms with Crippen molar-refractivity contribution >= 4 is 40.5 Å². The van der Waals surface area contributed by atoms with Gasteiger partial charge < -0.3 is 36.6 Å². The molecule has 0 spiro atoms. The molecule has 0 amide bonds. The van der Waals surface area contributed by atoms with Gasteiger partial charge in [-0.2, -0.15) is 0 Å². The van der Waals surface area contributed by atoms with Crippen molar-refractivity contribution in [3.63, 3.8) is 0 Å². The predicted octanol–water partition coefficient (Wildman–Crippen LogP) is 3.26. The Kier molecular flexibility index (Phi) is 10.0. The number of ether oxygens (including phenoxy) is 1. The van der Waals surface area contributed by atoms with Gasteiger partial charge in [-0.25, -0.2) is 4.98 Å². The number of likely N-dealkylation sites (N-methyl/N-ethyl adjacent to an activating group) is 1. The monoisotopic (exact) mass is 493 g/mol. The molecule has 9 heteroatoms. The molecule has 9 nitrogen and oxygen atoms in total. The normalized spacial score (nSPS) is 15.6. The summed E-state index contributed by atoms with van der Waals surface area (Å²) in [5.74, 6) is 0. The minimum absolute atomic E-state index is 0.206. The first kappa shape index (κ1) is 27.3. The SMILES string of the molecule is C=O.CNCC(C)OC(C)CN1CC=C(c2cc3c(Nc4ccc(N)c(CN)c4)ccnc3[nH]2)CC1. The summed E-state index contributed by atoms with van der Waals surface area (Å²) < 4.78 is 6.07. The quantitative estimate of drug-likeness (QED) is 0.272. The number of nitrogens with zero attached hydrogens (tertiary/aromatic N) is 2. The first-order valence-corrected chi connectivity index (χ1v) is 12.3. The van der Waals surface area contributed by atoms with Gasteiger partial charge in [0.05, 0.1) is 17.9 Å². The zero-order valence-corrected chi connectivity index (χ0v) is 21.5. The van der Waals surface area contributed by atoms with Crippen LogP contribution in [-0.2, 0) is 16.1 Å². The molecular formula is C27H39N7O2. The van der Waals surface area contributed by atoms with Gasteiger partial charge in [-0.15, -0.1) is 0 Å². The number of carbonyl (C=O) groups excluding carboxylic acids is 1. The molecule has 0 bridgehead atoms. The van der Waals surface area contributed by atoms with Crippen molar-refractivity contribution in [1.29, 1.82) is 0 Å². The van der Waals surface area contributed by atoms with E-state index in [1.165, 1.54) is 5.57 Å². The molecule has 7 N–H and O–H groups in total. The van der Waals surface area contributed by atoms with Crippen LogP contribution in [0.15, 0.2) is 42.6 Å². The van der Waals surface area contributed by atoms with Crippen molar-refractivity contribution < 1.29 is 9.53 Å². The van der Waals surface area contributed by atoms with Crippen molar-refractivity contribution in [2.45, 2.75) is 39.0 Å². The third-order valence-corrected chi connectivity index (χ3v) is 6.28. The molecule has 4 rings (SSSR count). The van der Waals surface area contributed by atoms with E-state index in [0.717, 1.165) is 66.3 Å². The van der Waals surface area contributed by atoms with E-state index in [4.69, 9.17) is 21.0 Å². The molecule has 0 saturated carbocycles. The molecule has 2 atom stereocenters. The van der Waals surface area contributed by atoms with Gasteiger partial charge in [0.1, 0.15) is 12.4 Å². The third kappa shape index (κ3) is 6.92. The van der Waals surface area contributed by atoms with Gasteiger partial charge in [-0.1, -0.05) is 6.08 Å². The van der Waals surface area contributed by atoms with Crippen LogP contribution in [0.25, 0.3) is 16.6 Å². The van der Waals surface area contributed by atoms with E-state index >= 15 is 0 Å². The number of nitrogens with two attached hydrogens (primary N) is 2. The molecule has 0 saturated heterocycles. The highest BCUT2D eigenvalue weighted by atomic mass is 16.5. The molecule has 3 aromatic rings. The first-order valence-electron chi connectivity index (χ1n) is 12.3. The lowest BCUT2D eigenvalue weighted by atomic mass is 10.0. The summed E-state index contributed by atoms with van der Waals surface area (Å²) in [6.45, 7) is 10.4. The van der Waals surface area contributed by atoms with Crippen LogP contribution >= 0.6 is 0 Å². The summed E-state index contributed by atoms with van der Waals surface area (Å²) in [4.78, 5) is 18.5. The molecule has 0 fully saturated rings. The Hall–Kier alpha value is -3.24. The van der Waals surface area contributed by atoms with E-state index < -0.39 is 0 Å². The number of fused-ring (bicyclic) bond motifs is 1. The maximum absolute atomic E-state index is 8.00. The Balaban J connectivity index is 0.00000176. The number of anilines is 3. The van der Waals surface area contributed by atoms with Crippen LogP contribution in [0.1, 0.15) is 31.5 Å². The molecule has 194 valence electrons. The second-order valence-electron chi connectivity index (χ2n) is 9.10. The number of rotatable bonds is 10. The Morgan fingerprint density at radius 1 is 1.22 bits per heavy atom. The van der Waals surface area contributed by atoms with Crippen LogP contribution < -0.4 is 22.1 Å². The molecule has 0 aliphatic carbocycles. The van der Waals surface area contributed by atoms with Crippen LogP contribution in [0, 0.1) is 0 Å². The number of carbonyl (C=O) groups is 1. The fourth-order valence-corrected chi connectivity index (χ4v) is 4.59. The highest BCUT2D eigenvalue weighted by Crippen LogP contribution is 2.31. The van der Waals surface area contributed by atoms with E-state index in [0.29, 0.717) is 12.2 Å². The van der Waals surface area contributed by atoms with Gasteiger partial charge >= 0.3 is 0 Å². The van der Waals surface area contributed by atoms with Gasteiger partial charge in [0.25, 0.3) is 0 Å². The minimum Gasteiger partial charge on any atom is -0.398 e. The molecule has 1 aliphatic rings. The molecule has 2 unspecified atom stereocenters. The Labute approximate surface area is 213 Å². The third-order valence-electron chi connectivity index (χ3n) is 6.28. The fraction of sp³-hybridized carbons (Fsp3) is 0.407. The number of hydrogen-bond acceptors (Lipinski definition) is 8. The Morgan fingerprint density at radius 3 is 2.72 bits per heavy atom. The number of nitrogen functional groups attached to an aromatic ring is 1.